The molecule has 0 saturated carbocycles. The monoisotopic (exact) mass is 434 g/mol. The van der Waals surface area contributed by atoms with Gasteiger partial charge >= 0.3 is 5.97 Å². The van der Waals surface area contributed by atoms with Crippen LogP contribution in [-0.4, -0.2) is 45.0 Å². The van der Waals surface area contributed by atoms with E-state index in [9.17, 15) is 14.4 Å². The van der Waals surface area contributed by atoms with Gasteiger partial charge in [0.1, 0.15) is 17.2 Å². The molecule has 0 N–H and O–H groups in total. The normalized spacial score (nSPS) is 10.2. The fourth-order valence-corrected chi connectivity index (χ4v) is 2.90. The molecular formula is C25H22O7. The molecule has 0 saturated heterocycles. The second kappa shape index (κ2) is 10.8. The van der Waals surface area contributed by atoms with Crippen LogP contribution in [0.25, 0.3) is 0 Å². The van der Waals surface area contributed by atoms with Crippen molar-refractivity contribution in [2.75, 3.05) is 27.4 Å². The number of hydrogen-bond donors (Lipinski definition) is 0. The van der Waals surface area contributed by atoms with Crippen LogP contribution in [0.4, 0.5) is 0 Å². The van der Waals surface area contributed by atoms with Crippen molar-refractivity contribution in [1.82, 2.24) is 0 Å². The lowest BCUT2D eigenvalue weighted by Gasteiger charge is -2.10. The van der Waals surface area contributed by atoms with Gasteiger partial charge < -0.3 is 18.9 Å². The minimum Gasteiger partial charge on any atom is -0.497 e. The van der Waals surface area contributed by atoms with Gasteiger partial charge in [-0.15, -0.1) is 0 Å². The summed E-state index contributed by atoms with van der Waals surface area (Å²) in [6.07, 6.45) is 0. The topological polar surface area (TPSA) is 88.1 Å². The summed E-state index contributed by atoms with van der Waals surface area (Å²) in [4.78, 5) is 36.7. The summed E-state index contributed by atoms with van der Waals surface area (Å²) in [5.41, 5.74) is 1.37. The van der Waals surface area contributed by atoms with E-state index in [0.29, 0.717) is 28.4 Å². The van der Waals surface area contributed by atoms with Gasteiger partial charge in [0, 0.05) is 17.2 Å². The molecule has 0 aliphatic heterocycles. The first-order valence-electron chi connectivity index (χ1n) is 9.75. The van der Waals surface area contributed by atoms with Crippen molar-refractivity contribution in [1.29, 1.82) is 0 Å². The van der Waals surface area contributed by atoms with E-state index in [1.807, 2.05) is 6.07 Å². The number of Topliss-reactive ketones (excluding diaryl/α,β-unsaturated/α-hetero) is 1. The highest BCUT2D eigenvalue weighted by Crippen LogP contribution is 2.25. The van der Waals surface area contributed by atoms with Crippen molar-refractivity contribution in [2.45, 2.75) is 0 Å². The Hall–Kier alpha value is -4.13. The van der Waals surface area contributed by atoms with Crippen LogP contribution in [-0.2, 0) is 9.53 Å². The predicted octanol–water partition coefficient (Wildman–Crippen LogP) is 3.74. The van der Waals surface area contributed by atoms with Crippen molar-refractivity contribution < 1.29 is 33.3 Å². The van der Waals surface area contributed by atoms with Crippen LogP contribution in [0.15, 0.2) is 72.8 Å². The zero-order valence-corrected chi connectivity index (χ0v) is 17.7. The molecule has 0 spiro atoms. The van der Waals surface area contributed by atoms with Gasteiger partial charge in [0.05, 0.1) is 19.8 Å². The molecule has 0 atom stereocenters. The fourth-order valence-electron chi connectivity index (χ4n) is 2.90. The van der Waals surface area contributed by atoms with Gasteiger partial charge in [-0.1, -0.05) is 30.3 Å². The summed E-state index contributed by atoms with van der Waals surface area (Å²) in [5, 5.41) is 0. The largest absolute Gasteiger partial charge is 0.497 e. The van der Waals surface area contributed by atoms with Crippen LogP contribution in [0.5, 0.6) is 17.2 Å². The molecule has 0 amide bonds. The van der Waals surface area contributed by atoms with Crippen LogP contribution >= 0.6 is 0 Å². The van der Waals surface area contributed by atoms with Crippen molar-refractivity contribution in [3.05, 3.63) is 89.5 Å². The third-order valence-corrected chi connectivity index (χ3v) is 4.58. The van der Waals surface area contributed by atoms with E-state index in [4.69, 9.17) is 18.9 Å². The van der Waals surface area contributed by atoms with E-state index in [2.05, 4.69) is 0 Å². The second-order valence-electron chi connectivity index (χ2n) is 6.66. The third kappa shape index (κ3) is 5.72. The molecule has 0 aliphatic carbocycles. The van der Waals surface area contributed by atoms with Crippen molar-refractivity contribution in [3.63, 3.8) is 0 Å². The maximum Gasteiger partial charge on any atom is 0.344 e. The molecule has 32 heavy (non-hydrogen) atoms. The number of rotatable bonds is 10. The number of hydrogen-bond acceptors (Lipinski definition) is 7. The Morgan fingerprint density at radius 1 is 0.719 bits per heavy atom. The summed E-state index contributed by atoms with van der Waals surface area (Å²) in [6, 6.07) is 20.1. The summed E-state index contributed by atoms with van der Waals surface area (Å²) >= 11 is 0. The smallest absolute Gasteiger partial charge is 0.344 e. The van der Waals surface area contributed by atoms with E-state index in [1.54, 1.807) is 66.7 Å². The summed E-state index contributed by atoms with van der Waals surface area (Å²) < 4.78 is 20.7. The number of carbonyl (C=O) groups excluding carboxylic acids is 3. The average Bonchev–Trinajstić information content (AvgIpc) is 2.85. The van der Waals surface area contributed by atoms with Gasteiger partial charge in [-0.2, -0.15) is 0 Å². The van der Waals surface area contributed by atoms with Gasteiger partial charge in [-0.3, -0.25) is 9.59 Å². The lowest BCUT2D eigenvalue weighted by molar-refractivity contribution is -0.144. The molecule has 0 fully saturated rings. The summed E-state index contributed by atoms with van der Waals surface area (Å²) in [6.45, 7) is -0.825. The highest BCUT2D eigenvalue weighted by molar-refractivity contribution is 6.09. The summed E-state index contributed by atoms with van der Waals surface area (Å²) in [7, 11) is 2.94. The lowest BCUT2D eigenvalue weighted by Crippen LogP contribution is -2.20. The molecule has 7 heteroatoms. The first kappa shape index (κ1) is 22.6. The molecule has 164 valence electrons. The lowest BCUT2D eigenvalue weighted by atomic mass is 10.0. The first-order chi connectivity index (χ1) is 15.5. The standard InChI is InChI=1S/C25H22O7/c1-29-20-12-13-21(23(14-20)30-2)22(26)15-32-24(27)16-31-19-10-8-18(9-11-19)25(28)17-6-4-3-5-7-17/h3-14H,15-16H2,1-2H3. The number of carbonyl (C=O) groups is 3. The molecule has 0 unspecified atom stereocenters. The van der Waals surface area contributed by atoms with E-state index >= 15 is 0 Å². The Kier molecular flexibility index (Phi) is 7.59. The Morgan fingerprint density at radius 3 is 2.03 bits per heavy atom. The molecule has 0 radical (unpaired) electrons. The Bertz CT molecular complexity index is 1090. The molecule has 3 aromatic carbocycles. The SMILES string of the molecule is COc1ccc(C(=O)COC(=O)COc2ccc(C(=O)c3ccccc3)cc2)c(OC)c1. The zero-order chi connectivity index (χ0) is 22.9. The first-order valence-corrected chi connectivity index (χ1v) is 9.75. The van der Waals surface area contributed by atoms with Crippen molar-refractivity contribution >= 4 is 17.5 Å². The molecule has 3 rings (SSSR count). The third-order valence-electron chi connectivity index (χ3n) is 4.58. The molecule has 0 heterocycles. The number of benzene rings is 3. The maximum absolute atomic E-state index is 12.4. The van der Waals surface area contributed by atoms with Crippen LogP contribution in [0.1, 0.15) is 26.3 Å². The second-order valence-corrected chi connectivity index (χ2v) is 6.66. The van der Waals surface area contributed by atoms with E-state index < -0.39 is 18.4 Å². The van der Waals surface area contributed by atoms with Gasteiger partial charge in [0.25, 0.3) is 0 Å². The number of methoxy groups -OCH3 is 2. The highest BCUT2D eigenvalue weighted by Gasteiger charge is 2.16. The molecule has 0 bridgehead atoms. The van der Waals surface area contributed by atoms with Crippen LogP contribution in [0, 0.1) is 0 Å². The van der Waals surface area contributed by atoms with Crippen LogP contribution in [0.2, 0.25) is 0 Å². The maximum atomic E-state index is 12.4. The van der Waals surface area contributed by atoms with E-state index in [1.165, 1.54) is 14.2 Å². The Morgan fingerprint density at radius 2 is 1.38 bits per heavy atom. The number of ketones is 2. The van der Waals surface area contributed by atoms with Crippen molar-refractivity contribution in [2.24, 2.45) is 0 Å². The zero-order valence-electron chi connectivity index (χ0n) is 17.7. The molecule has 7 nitrogen and oxygen atoms in total. The quantitative estimate of drug-likeness (QED) is 0.355. The average molecular weight is 434 g/mol. The Balaban J connectivity index is 1.50. The van der Waals surface area contributed by atoms with Crippen LogP contribution in [0.3, 0.4) is 0 Å². The van der Waals surface area contributed by atoms with Gasteiger partial charge in [-0.25, -0.2) is 4.79 Å². The van der Waals surface area contributed by atoms with Crippen LogP contribution < -0.4 is 14.2 Å². The highest BCUT2D eigenvalue weighted by atomic mass is 16.6. The van der Waals surface area contributed by atoms with E-state index in [-0.39, 0.29) is 18.0 Å². The Labute approximate surface area is 185 Å². The fraction of sp³-hybridized carbons (Fsp3) is 0.160. The number of esters is 1. The summed E-state index contributed by atoms with van der Waals surface area (Å²) in [5.74, 6) is 0.0442. The van der Waals surface area contributed by atoms with Crippen molar-refractivity contribution in [3.8, 4) is 17.2 Å². The van der Waals surface area contributed by atoms with Gasteiger partial charge in [0.15, 0.2) is 19.0 Å². The molecule has 0 aliphatic rings. The molecule has 0 aromatic heterocycles. The minimum absolute atomic E-state index is 0.107. The van der Waals surface area contributed by atoms with Gasteiger partial charge in [0.2, 0.25) is 5.78 Å². The number of ether oxygens (including phenoxy) is 4. The van der Waals surface area contributed by atoms with Gasteiger partial charge in [-0.05, 0) is 36.4 Å². The molecule has 3 aromatic rings. The minimum atomic E-state index is -0.699. The van der Waals surface area contributed by atoms with E-state index in [0.717, 1.165) is 0 Å². The predicted molar refractivity (Wildman–Crippen MR) is 117 cm³/mol. The molecular weight excluding hydrogens is 412 g/mol.